The SMILES string of the molecule is CCC(=O)CC(C)C(=O)N(Cc1ccc(-c2noc(C(F)(F)F)n2)cc1)OC. The van der Waals surface area contributed by atoms with E-state index < -0.39 is 18.0 Å². The van der Waals surface area contributed by atoms with Crippen LogP contribution in [0.3, 0.4) is 0 Å². The Balaban J connectivity index is 2.07. The highest BCUT2D eigenvalue weighted by molar-refractivity contribution is 5.86. The van der Waals surface area contributed by atoms with Crippen molar-refractivity contribution in [2.75, 3.05) is 7.11 Å². The highest BCUT2D eigenvalue weighted by Gasteiger charge is 2.38. The van der Waals surface area contributed by atoms with E-state index in [0.717, 1.165) is 5.06 Å². The van der Waals surface area contributed by atoms with E-state index in [4.69, 9.17) is 4.84 Å². The molecule has 0 aliphatic heterocycles. The Morgan fingerprint density at radius 3 is 2.39 bits per heavy atom. The van der Waals surface area contributed by atoms with Gasteiger partial charge in [-0.05, 0) is 5.56 Å². The summed E-state index contributed by atoms with van der Waals surface area (Å²) in [6.45, 7) is 3.50. The van der Waals surface area contributed by atoms with E-state index in [1.165, 1.54) is 19.2 Å². The lowest BCUT2D eigenvalue weighted by atomic mass is 10.0. The summed E-state index contributed by atoms with van der Waals surface area (Å²) >= 11 is 0. The van der Waals surface area contributed by atoms with Crippen LogP contribution < -0.4 is 0 Å². The molecule has 28 heavy (non-hydrogen) atoms. The van der Waals surface area contributed by atoms with E-state index in [2.05, 4.69) is 14.7 Å². The third kappa shape index (κ3) is 5.38. The largest absolute Gasteiger partial charge is 0.471 e. The van der Waals surface area contributed by atoms with Gasteiger partial charge in [0.2, 0.25) is 11.7 Å². The van der Waals surface area contributed by atoms with Crippen LogP contribution in [-0.2, 0) is 27.1 Å². The summed E-state index contributed by atoms with van der Waals surface area (Å²) in [6, 6.07) is 6.26. The van der Waals surface area contributed by atoms with Gasteiger partial charge in [-0.25, -0.2) is 5.06 Å². The van der Waals surface area contributed by atoms with Gasteiger partial charge in [-0.2, -0.15) is 18.2 Å². The number of rotatable bonds is 8. The number of aromatic nitrogens is 2. The quantitative estimate of drug-likeness (QED) is 0.630. The van der Waals surface area contributed by atoms with Crippen molar-refractivity contribution in [1.82, 2.24) is 15.2 Å². The van der Waals surface area contributed by atoms with Gasteiger partial charge >= 0.3 is 12.1 Å². The predicted molar refractivity (Wildman–Crippen MR) is 91.4 cm³/mol. The average molecular weight is 399 g/mol. The molecule has 0 spiro atoms. The van der Waals surface area contributed by atoms with Crippen molar-refractivity contribution in [2.24, 2.45) is 5.92 Å². The molecule has 1 unspecified atom stereocenters. The first-order valence-corrected chi connectivity index (χ1v) is 8.53. The maximum Gasteiger partial charge on any atom is 0.471 e. The van der Waals surface area contributed by atoms with Crippen LogP contribution in [-0.4, -0.2) is 34.0 Å². The van der Waals surface area contributed by atoms with Gasteiger partial charge in [0.05, 0.1) is 13.7 Å². The van der Waals surface area contributed by atoms with Crippen LogP contribution in [0.4, 0.5) is 13.2 Å². The standard InChI is InChI=1S/C18H20F3N3O4/c1-4-14(25)9-11(2)16(26)24(27-3)10-12-5-7-13(8-6-12)15-22-17(28-23-15)18(19,20)21/h5-8,11H,4,9-10H2,1-3H3. The number of carbonyl (C=O) groups excluding carboxylic acids is 2. The molecule has 1 amide bonds. The Labute approximate surface area is 159 Å². The van der Waals surface area contributed by atoms with E-state index in [0.29, 0.717) is 17.5 Å². The molecule has 152 valence electrons. The van der Waals surface area contributed by atoms with Crippen LogP contribution >= 0.6 is 0 Å². The van der Waals surface area contributed by atoms with Crippen molar-refractivity contribution in [1.29, 1.82) is 0 Å². The molecule has 1 aromatic carbocycles. The molecule has 1 aromatic heterocycles. The molecule has 0 N–H and O–H groups in total. The zero-order valence-corrected chi connectivity index (χ0v) is 15.6. The van der Waals surface area contributed by atoms with E-state index in [9.17, 15) is 22.8 Å². The van der Waals surface area contributed by atoms with Gasteiger partial charge in [0.15, 0.2) is 0 Å². The molecule has 7 nitrogen and oxygen atoms in total. The molecule has 0 fully saturated rings. The molecule has 0 saturated heterocycles. The third-order valence-corrected chi connectivity index (χ3v) is 4.02. The molecular formula is C18H20F3N3O4. The van der Waals surface area contributed by atoms with Gasteiger partial charge in [-0.15, -0.1) is 0 Å². The molecular weight excluding hydrogens is 379 g/mol. The molecule has 1 heterocycles. The normalized spacial score (nSPS) is 12.6. The van der Waals surface area contributed by atoms with Crippen LogP contribution in [0, 0.1) is 5.92 Å². The number of hydrogen-bond donors (Lipinski definition) is 0. The Morgan fingerprint density at radius 2 is 1.89 bits per heavy atom. The lowest BCUT2D eigenvalue weighted by molar-refractivity contribution is -0.183. The highest BCUT2D eigenvalue weighted by Crippen LogP contribution is 2.29. The van der Waals surface area contributed by atoms with Crippen molar-refractivity contribution in [2.45, 2.75) is 39.4 Å². The van der Waals surface area contributed by atoms with Gasteiger partial charge in [-0.1, -0.05) is 43.3 Å². The maximum absolute atomic E-state index is 12.5. The second-order valence-electron chi connectivity index (χ2n) is 6.17. The third-order valence-electron chi connectivity index (χ3n) is 4.02. The number of halogens is 3. The Bertz CT molecular complexity index is 818. The number of hydrogen-bond acceptors (Lipinski definition) is 6. The number of Topliss-reactive ketones (excluding diaryl/α,β-unsaturated/α-hetero) is 1. The number of alkyl halides is 3. The lowest BCUT2D eigenvalue weighted by Crippen LogP contribution is -2.34. The molecule has 0 radical (unpaired) electrons. The smallest absolute Gasteiger partial charge is 0.329 e. The first-order valence-electron chi connectivity index (χ1n) is 8.53. The molecule has 0 bridgehead atoms. The number of nitrogens with zero attached hydrogens (tertiary/aromatic N) is 3. The fourth-order valence-electron chi connectivity index (χ4n) is 2.43. The van der Waals surface area contributed by atoms with Crippen molar-refractivity contribution in [3.8, 4) is 11.4 Å². The number of benzene rings is 1. The van der Waals surface area contributed by atoms with Crippen molar-refractivity contribution >= 4 is 11.7 Å². The molecule has 2 aromatic rings. The molecule has 1 atom stereocenters. The van der Waals surface area contributed by atoms with Crippen LogP contribution in [0.25, 0.3) is 11.4 Å². The van der Waals surface area contributed by atoms with Crippen molar-refractivity contribution in [3.63, 3.8) is 0 Å². The topological polar surface area (TPSA) is 85.5 Å². The Hall–Kier alpha value is -2.75. The first kappa shape index (κ1) is 21.5. The molecule has 0 aliphatic rings. The van der Waals surface area contributed by atoms with Gasteiger partial charge in [-0.3, -0.25) is 14.4 Å². The zero-order valence-electron chi connectivity index (χ0n) is 15.6. The number of ketones is 1. The summed E-state index contributed by atoms with van der Waals surface area (Å²) in [6.07, 6.45) is -4.22. The Morgan fingerprint density at radius 1 is 1.25 bits per heavy atom. The second kappa shape index (κ2) is 8.96. The van der Waals surface area contributed by atoms with Crippen LogP contribution in [0.2, 0.25) is 0 Å². The second-order valence-corrected chi connectivity index (χ2v) is 6.17. The fourth-order valence-corrected chi connectivity index (χ4v) is 2.43. The molecule has 0 saturated carbocycles. The molecule has 10 heteroatoms. The van der Waals surface area contributed by atoms with Crippen molar-refractivity contribution in [3.05, 3.63) is 35.7 Å². The van der Waals surface area contributed by atoms with E-state index in [1.54, 1.807) is 26.0 Å². The fraction of sp³-hybridized carbons (Fsp3) is 0.444. The minimum atomic E-state index is -4.71. The number of carbonyl (C=O) groups is 2. The van der Waals surface area contributed by atoms with Gasteiger partial charge in [0, 0.05) is 24.3 Å². The maximum atomic E-state index is 12.5. The zero-order chi connectivity index (χ0) is 20.9. The van der Waals surface area contributed by atoms with E-state index in [-0.39, 0.29) is 30.5 Å². The minimum absolute atomic E-state index is 0.0143. The summed E-state index contributed by atoms with van der Waals surface area (Å²) in [5.41, 5.74) is 1.01. The summed E-state index contributed by atoms with van der Waals surface area (Å²) in [4.78, 5) is 32.4. The molecule has 0 aliphatic carbocycles. The van der Waals surface area contributed by atoms with Crippen LogP contribution in [0.5, 0.6) is 0 Å². The summed E-state index contributed by atoms with van der Waals surface area (Å²) in [5.74, 6) is -2.48. The summed E-state index contributed by atoms with van der Waals surface area (Å²) in [7, 11) is 1.35. The van der Waals surface area contributed by atoms with Gasteiger partial charge < -0.3 is 4.52 Å². The first-order chi connectivity index (χ1) is 13.2. The highest BCUT2D eigenvalue weighted by atomic mass is 19.4. The predicted octanol–water partition coefficient (Wildman–Crippen LogP) is 3.65. The Kier molecular flexibility index (Phi) is 6.90. The van der Waals surface area contributed by atoms with Crippen molar-refractivity contribution < 1.29 is 32.1 Å². The van der Waals surface area contributed by atoms with E-state index >= 15 is 0 Å². The summed E-state index contributed by atoms with van der Waals surface area (Å²) < 4.78 is 41.8. The van der Waals surface area contributed by atoms with Crippen LogP contribution in [0.15, 0.2) is 28.8 Å². The number of amides is 1. The molecule has 2 rings (SSSR count). The average Bonchev–Trinajstić information content (AvgIpc) is 3.16. The lowest BCUT2D eigenvalue weighted by Gasteiger charge is -2.23. The van der Waals surface area contributed by atoms with Gasteiger partial charge in [0.1, 0.15) is 5.78 Å². The number of hydroxylamine groups is 2. The van der Waals surface area contributed by atoms with Gasteiger partial charge in [0.25, 0.3) is 0 Å². The minimum Gasteiger partial charge on any atom is -0.329 e. The summed E-state index contributed by atoms with van der Waals surface area (Å²) in [5, 5.41) is 4.46. The monoisotopic (exact) mass is 399 g/mol. The van der Waals surface area contributed by atoms with Crippen LogP contribution in [0.1, 0.15) is 38.1 Å². The van der Waals surface area contributed by atoms with E-state index in [1.807, 2.05) is 0 Å².